The van der Waals surface area contributed by atoms with E-state index >= 15 is 0 Å². The van der Waals surface area contributed by atoms with Crippen molar-refractivity contribution in [3.63, 3.8) is 0 Å². The monoisotopic (exact) mass is 473 g/mol. The van der Waals surface area contributed by atoms with Crippen molar-refractivity contribution in [2.75, 3.05) is 46.2 Å². The van der Waals surface area contributed by atoms with Crippen molar-refractivity contribution in [3.8, 4) is 0 Å². The van der Waals surface area contributed by atoms with Crippen LogP contribution in [0.25, 0.3) is 0 Å². The summed E-state index contributed by atoms with van der Waals surface area (Å²) in [5, 5.41) is 11.0. The highest BCUT2D eigenvalue weighted by Crippen LogP contribution is 2.13. The zero-order valence-corrected chi connectivity index (χ0v) is 21.3. The van der Waals surface area contributed by atoms with Crippen LogP contribution in [0.5, 0.6) is 0 Å². The minimum Gasteiger partial charge on any atom is -0.480 e. The van der Waals surface area contributed by atoms with Gasteiger partial charge in [0.1, 0.15) is 13.2 Å². The van der Waals surface area contributed by atoms with Gasteiger partial charge in [0, 0.05) is 13.2 Å². The lowest BCUT2D eigenvalue weighted by Crippen LogP contribution is -2.31. The van der Waals surface area contributed by atoms with Crippen molar-refractivity contribution < 1.29 is 28.9 Å². The maximum absolute atomic E-state index is 11.3. The number of carbonyl (C=O) groups excluding carboxylic acids is 1. The highest BCUT2D eigenvalue weighted by Gasteiger charge is 2.03. The second-order valence-corrected chi connectivity index (χ2v) is 8.76. The molecule has 0 aliphatic rings. The maximum Gasteiger partial charge on any atom is 0.329 e. The minimum absolute atomic E-state index is 0.255. The second kappa shape index (κ2) is 27.1. The van der Waals surface area contributed by atoms with E-state index in [9.17, 15) is 9.59 Å². The van der Waals surface area contributed by atoms with Gasteiger partial charge >= 0.3 is 5.97 Å². The van der Waals surface area contributed by atoms with Crippen LogP contribution in [-0.2, 0) is 23.8 Å². The summed E-state index contributed by atoms with van der Waals surface area (Å²) in [5.74, 6) is -1.44. The minimum atomic E-state index is -1.09. The van der Waals surface area contributed by atoms with Crippen molar-refractivity contribution in [2.45, 2.75) is 110 Å². The smallest absolute Gasteiger partial charge is 0.329 e. The first-order valence-corrected chi connectivity index (χ1v) is 13.4. The number of amides is 1. The first kappa shape index (κ1) is 31.8. The van der Waals surface area contributed by atoms with Crippen LogP contribution >= 0.6 is 0 Å². The van der Waals surface area contributed by atoms with Gasteiger partial charge in [-0.2, -0.15) is 0 Å². The number of aliphatic carboxylic acids is 1. The Morgan fingerprint density at radius 2 is 1.03 bits per heavy atom. The van der Waals surface area contributed by atoms with Gasteiger partial charge in [0.15, 0.2) is 0 Å². The molecule has 0 rings (SSSR count). The first-order chi connectivity index (χ1) is 16.2. The Labute approximate surface area is 202 Å². The highest BCUT2D eigenvalue weighted by atomic mass is 16.5. The van der Waals surface area contributed by atoms with Crippen LogP contribution in [0.3, 0.4) is 0 Å². The predicted octanol–water partition coefficient (Wildman–Crippen LogP) is 5.50. The summed E-state index contributed by atoms with van der Waals surface area (Å²) < 4.78 is 15.6. The van der Waals surface area contributed by atoms with Gasteiger partial charge in [0.2, 0.25) is 5.91 Å². The second-order valence-electron chi connectivity index (χ2n) is 8.76. The first-order valence-electron chi connectivity index (χ1n) is 13.4. The Bertz CT molecular complexity index is 433. The van der Waals surface area contributed by atoms with Gasteiger partial charge in [-0.3, -0.25) is 4.79 Å². The fourth-order valence-electron chi connectivity index (χ4n) is 3.62. The summed E-state index contributed by atoms with van der Waals surface area (Å²) in [5.41, 5.74) is 0. The van der Waals surface area contributed by atoms with E-state index in [0.29, 0.717) is 26.4 Å². The SMILES string of the molecule is CCCCCCCCCCCCCCCCCCOCCOCCNC(=O)COCC(=O)O. The molecule has 0 aromatic heterocycles. The maximum atomic E-state index is 11.3. The molecular formula is C26H51NO6. The summed E-state index contributed by atoms with van der Waals surface area (Å²) in [6.07, 6.45) is 21.9. The van der Waals surface area contributed by atoms with Crippen molar-refractivity contribution >= 4 is 11.9 Å². The molecular weight excluding hydrogens is 422 g/mol. The van der Waals surface area contributed by atoms with Crippen LogP contribution in [0.2, 0.25) is 0 Å². The molecule has 0 bridgehead atoms. The molecule has 0 radical (unpaired) electrons. The number of hydrogen-bond acceptors (Lipinski definition) is 5. The average Bonchev–Trinajstić information content (AvgIpc) is 2.79. The van der Waals surface area contributed by atoms with Crippen LogP contribution in [-0.4, -0.2) is 63.2 Å². The summed E-state index contributed by atoms with van der Waals surface area (Å²) in [6, 6.07) is 0. The summed E-state index contributed by atoms with van der Waals surface area (Å²) in [4.78, 5) is 21.6. The fraction of sp³-hybridized carbons (Fsp3) is 0.923. The predicted molar refractivity (Wildman–Crippen MR) is 133 cm³/mol. The molecule has 0 heterocycles. The third-order valence-corrected chi connectivity index (χ3v) is 5.54. The molecule has 0 aliphatic heterocycles. The van der Waals surface area contributed by atoms with E-state index in [0.717, 1.165) is 13.0 Å². The Kier molecular flexibility index (Phi) is 26.1. The van der Waals surface area contributed by atoms with E-state index < -0.39 is 12.6 Å². The van der Waals surface area contributed by atoms with Gasteiger partial charge in [-0.1, -0.05) is 103 Å². The van der Waals surface area contributed by atoms with E-state index in [1.165, 1.54) is 96.3 Å². The topological polar surface area (TPSA) is 94.1 Å². The molecule has 0 aliphatic carbocycles. The third-order valence-electron chi connectivity index (χ3n) is 5.54. The van der Waals surface area contributed by atoms with Gasteiger partial charge in [-0.15, -0.1) is 0 Å². The standard InChI is InChI=1S/C26H51NO6/c1-2-3-4-5-6-7-8-9-10-11-12-13-14-15-16-17-19-31-21-22-32-20-18-27-25(28)23-33-24-26(29)30/h2-24H2,1H3,(H,27,28)(H,29,30). The molecule has 0 aromatic carbocycles. The van der Waals surface area contributed by atoms with E-state index in [1.54, 1.807) is 0 Å². The number of nitrogens with one attached hydrogen (secondary N) is 1. The molecule has 1 amide bonds. The van der Waals surface area contributed by atoms with Crippen LogP contribution in [0, 0.1) is 0 Å². The quantitative estimate of drug-likeness (QED) is 0.153. The zero-order valence-electron chi connectivity index (χ0n) is 21.3. The molecule has 0 saturated carbocycles. The molecule has 0 unspecified atom stereocenters. The molecule has 0 fully saturated rings. The van der Waals surface area contributed by atoms with Crippen LogP contribution in [0.4, 0.5) is 0 Å². The molecule has 0 atom stereocenters. The van der Waals surface area contributed by atoms with Gasteiger partial charge in [-0.25, -0.2) is 4.79 Å². The van der Waals surface area contributed by atoms with Gasteiger partial charge in [0.05, 0.1) is 19.8 Å². The van der Waals surface area contributed by atoms with Crippen molar-refractivity contribution in [1.29, 1.82) is 0 Å². The van der Waals surface area contributed by atoms with E-state index in [2.05, 4.69) is 17.0 Å². The van der Waals surface area contributed by atoms with Gasteiger partial charge in [0.25, 0.3) is 0 Å². The highest BCUT2D eigenvalue weighted by molar-refractivity contribution is 5.77. The Morgan fingerprint density at radius 1 is 0.576 bits per heavy atom. The number of carboxylic acid groups (broad SMARTS) is 1. The Morgan fingerprint density at radius 3 is 1.52 bits per heavy atom. The molecule has 2 N–H and O–H groups in total. The lowest BCUT2D eigenvalue weighted by Gasteiger charge is -2.07. The lowest BCUT2D eigenvalue weighted by atomic mass is 10.0. The molecule has 7 nitrogen and oxygen atoms in total. The summed E-state index contributed by atoms with van der Waals surface area (Å²) >= 11 is 0. The molecule has 33 heavy (non-hydrogen) atoms. The van der Waals surface area contributed by atoms with E-state index in [1.807, 2.05) is 0 Å². The van der Waals surface area contributed by atoms with Gasteiger partial charge in [-0.05, 0) is 6.42 Å². The van der Waals surface area contributed by atoms with Crippen molar-refractivity contribution in [1.82, 2.24) is 5.32 Å². The van der Waals surface area contributed by atoms with Crippen molar-refractivity contribution in [2.24, 2.45) is 0 Å². The molecule has 0 spiro atoms. The Hall–Kier alpha value is -1.18. The molecule has 0 aromatic rings. The number of carbonyl (C=O) groups is 2. The van der Waals surface area contributed by atoms with E-state index in [-0.39, 0.29) is 12.5 Å². The zero-order chi connectivity index (χ0) is 24.2. The van der Waals surface area contributed by atoms with Crippen molar-refractivity contribution in [3.05, 3.63) is 0 Å². The number of rotatable bonds is 27. The molecule has 196 valence electrons. The largest absolute Gasteiger partial charge is 0.480 e. The summed E-state index contributed by atoms with van der Waals surface area (Å²) in [6.45, 7) is 4.16. The number of ether oxygens (including phenoxy) is 3. The van der Waals surface area contributed by atoms with Crippen LogP contribution < -0.4 is 5.32 Å². The number of hydrogen-bond donors (Lipinski definition) is 2. The molecule has 7 heteroatoms. The number of carboxylic acids is 1. The summed E-state index contributed by atoms with van der Waals surface area (Å²) in [7, 11) is 0. The van der Waals surface area contributed by atoms with Gasteiger partial charge < -0.3 is 24.6 Å². The van der Waals surface area contributed by atoms with Crippen LogP contribution in [0.15, 0.2) is 0 Å². The number of unbranched alkanes of at least 4 members (excludes halogenated alkanes) is 15. The normalized spacial score (nSPS) is 11.1. The Balaban J connectivity index is 3.09. The lowest BCUT2D eigenvalue weighted by molar-refractivity contribution is -0.143. The fourth-order valence-corrected chi connectivity index (χ4v) is 3.62. The molecule has 0 saturated heterocycles. The third kappa shape index (κ3) is 28.8. The average molecular weight is 474 g/mol. The van der Waals surface area contributed by atoms with Crippen LogP contribution in [0.1, 0.15) is 110 Å². The van der Waals surface area contributed by atoms with E-state index in [4.69, 9.17) is 14.6 Å².